The number of amides is 1. The number of aromatic nitrogens is 1. The van der Waals surface area contributed by atoms with E-state index in [1.165, 1.54) is 0 Å². The molecule has 0 saturated carbocycles. The summed E-state index contributed by atoms with van der Waals surface area (Å²) in [6.45, 7) is 8.25. The summed E-state index contributed by atoms with van der Waals surface area (Å²) in [4.78, 5) is 17.2. The van der Waals surface area contributed by atoms with Gasteiger partial charge in [-0.3, -0.25) is 9.69 Å². The Morgan fingerprint density at radius 3 is 2.62 bits per heavy atom. The summed E-state index contributed by atoms with van der Waals surface area (Å²) < 4.78 is 4.99. The zero-order valence-electron chi connectivity index (χ0n) is 13.0. The van der Waals surface area contributed by atoms with Crippen LogP contribution in [-0.4, -0.2) is 60.1 Å². The molecule has 2 aliphatic rings. The summed E-state index contributed by atoms with van der Waals surface area (Å²) in [5.41, 5.74) is 0. The predicted molar refractivity (Wildman–Crippen MR) is 80.0 cm³/mol. The van der Waals surface area contributed by atoms with E-state index in [1.807, 2.05) is 6.92 Å². The van der Waals surface area contributed by atoms with Gasteiger partial charge < -0.3 is 14.7 Å². The van der Waals surface area contributed by atoms with Gasteiger partial charge in [0.15, 0.2) is 5.82 Å². The Bertz CT molecular complexity index is 502. The van der Waals surface area contributed by atoms with Gasteiger partial charge in [0.1, 0.15) is 5.76 Å². The van der Waals surface area contributed by atoms with Crippen molar-refractivity contribution in [2.24, 2.45) is 11.8 Å². The fraction of sp³-hybridized carbons (Fsp3) is 0.733. The highest BCUT2D eigenvalue weighted by atomic mass is 16.5. The van der Waals surface area contributed by atoms with E-state index < -0.39 is 0 Å². The van der Waals surface area contributed by atoms with Crippen LogP contribution in [-0.2, 0) is 4.79 Å². The molecular weight excluding hydrogens is 268 g/mol. The molecule has 3 atom stereocenters. The molecule has 1 amide bonds. The lowest BCUT2D eigenvalue weighted by molar-refractivity contribution is -0.121. The first kappa shape index (κ1) is 14.5. The van der Waals surface area contributed by atoms with E-state index in [0.29, 0.717) is 23.4 Å². The minimum atomic E-state index is -0.0714. The standard InChI is InChI=1S/C15H24N4O2/c1-4-13(15(20)16-14-5-10(2)21-17-14)19-8-11-6-18(3)7-12(11)9-19/h5,11-13H,4,6-9H2,1-3H3,(H,16,17,20)/t11-,12+,13-/m1/s1. The topological polar surface area (TPSA) is 61.6 Å². The van der Waals surface area contributed by atoms with Gasteiger partial charge in [0.2, 0.25) is 5.91 Å². The van der Waals surface area contributed by atoms with Crippen molar-refractivity contribution in [3.05, 3.63) is 11.8 Å². The van der Waals surface area contributed by atoms with Crippen LogP contribution in [0.15, 0.2) is 10.6 Å². The fourth-order valence-corrected chi connectivity index (χ4v) is 3.76. The van der Waals surface area contributed by atoms with Crippen molar-refractivity contribution < 1.29 is 9.32 Å². The Labute approximate surface area is 125 Å². The average molecular weight is 292 g/mol. The molecule has 6 nitrogen and oxygen atoms in total. The molecule has 0 unspecified atom stereocenters. The average Bonchev–Trinajstić information content (AvgIpc) is 3.05. The van der Waals surface area contributed by atoms with Gasteiger partial charge in [-0.15, -0.1) is 0 Å². The highest BCUT2D eigenvalue weighted by Gasteiger charge is 2.42. The van der Waals surface area contributed by atoms with Crippen molar-refractivity contribution in [2.75, 3.05) is 38.5 Å². The van der Waals surface area contributed by atoms with Gasteiger partial charge in [-0.1, -0.05) is 12.1 Å². The van der Waals surface area contributed by atoms with E-state index in [1.54, 1.807) is 6.07 Å². The number of fused-ring (bicyclic) bond motifs is 1. The maximum atomic E-state index is 12.5. The van der Waals surface area contributed by atoms with Crippen LogP contribution >= 0.6 is 0 Å². The van der Waals surface area contributed by atoms with Crippen molar-refractivity contribution in [3.8, 4) is 0 Å². The summed E-state index contributed by atoms with van der Waals surface area (Å²) in [6, 6.07) is 1.68. The van der Waals surface area contributed by atoms with Crippen LogP contribution < -0.4 is 5.32 Å². The number of anilines is 1. The molecule has 0 bridgehead atoms. The monoisotopic (exact) mass is 292 g/mol. The molecule has 2 saturated heterocycles. The van der Waals surface area contributed by atoms with Crippen molar-refractivity contribution in [3.63, 3.8) is 0 Å². The molecule has 3 rings (SSSR count). The first-order chi connectivity index (χ1) is 10.1. The van der Waals surface area contributed by atoms with Gasteiger partial charge in [-0.05, 0) is 32.2 Å². The van der Waals surface area contributed by atoms with Crippen LogP contribution in [0.2, 0.25) is 0 Å². The van der Waals surface area contributed by atoms with Crippen LogP contribution in [0.5, 0.6) is 0 Å². The molecule has 1 aromatic rings. The highest BCUT2D eigenvalue weighted by Crippen LogP contribution is 2.32. The van der Waals surface area contributed by atoms with Crippen LogP contribution in [0.25, 0.3) is 0 Å². The number of hydrogen-bond donors (Lipinski definition) is 1. The summed E-state index contributed by atoms with van der Waals surface area (Å²) in [5.74, 6) is 2.67. The minimum Gasteiger partial charge on any atom is -0.360 e. The number of likely N-dealkylation sites (tertiary alicyclic amines) is 2. The van der Waals surface area contributed by atoms with E-state index >= 15 is 0 Å². The number of aryl methyl sites for hydroxylation is 1. The molecule has 6 heteroatoms. The molecule has 0 aromatic carbocycles. The van der Waals surface area contributed by atoms with Crippen LogP contribution in [0.3, 0.4) is 0 Å². The van der Waals surface area contributed by atoms with Crippen molar-refractivity contribution >= 4 is 11.7 Å². The number of hydrogen-bond acceptors (Lipinski definition) is 5. The van der Waals surface area contributed by atoms with Crippen LogP contribution in [0.1, 0.15) is 19.1 Å². The highest BCUT2D eigenvalue weighted by molar-refractivity contribution is 5.94. The van der Waals surface area contributed by atoms with E-state index in [9.17, 15) is 4.79 Å². The summed E-state index contributed by atoms with van der Waals surface area (Å²) >= 11 is 0. The number of nitrogens with one attached hydrogen (secondary N) is 1. The second-order valence-corrected chi connectivity index (χ2v) is 6.43. The molecule has 3 heterocycles. The molecule has 21 heavy (non-hydrogen) atoms. The lowest BCUT2D eigenvalue weighted by Crippen LogP contribution is -2.43. The van der Waals surface area contributed by atoms with Crippen molar-refractivity contribution in [1.82, 2.24) is 15.0 Å². The lowest BCUT2D eigenvalue weighted by atomic mass is 10.0. The predicted octanol–water partition coefficient (Wildman–Crippen LogP) is 1.19. The maximum Gasteiger partial charge on any atom is 0.242 e. The molecule has 0 aliphatic carbocycles. The first-order valence-electron chi connectivity index (χ1n) is 7.73. The molecule has 0 spiro atoms. The lowest BCUT2D eigenvalue weighted by Gasteiger charge is -2.26. The molecule has 1 N–H and O–H groups in total. The van der Waals surface area contributed by atoms with Crippen LogP contribution in [0.4, 0.5) is 5.82 Å². The van der Waals surface area contributed by atoms with Gasteiger partial charge in [0, 0.05) is 32.2 Å². The Morgan fingerprint density at radius 1 is 1.43 bits per heavy atom. The van der Waals surface area contributed by atoms with E-state index in [2.05, 4.69) is 34.2 Å². The fourth-order valence-electron chi connectivity index (χ4n) is 3.76. The van der Waals surface area contributed by atoms with Gasteiger partial charge in [-0.25, -0.2) is 0 Å². The molecule has 0 radical (unpaired) electrons. The third-order valence-electron chi connectivity index (χ3n) is 4.71. The molecule has 1 aromatic heterocycles. The summed E-state index contributed by atoms with van der Waals surface area (Å²) in [5, 5.41) is 6.70. The van der Waals surface area contributed by atoms with Crippen molar-refractivity contribution in [2.45, 2.75) is 26.3 Å². The SMILES string of the molecule is CC[C@H](C(=O)Nc1cc(C)on1)N1C[C@H]2CN(C)C[C@H]2C1. The quantitative estimate of drug-likeness (QED) is 0.903. The smallest absolute Gasteiger partial charge is 0.242 e. The first-order valence-corrected chi connectivity index (χ1v) is 7.73. The number of carbonyl (C=O) groups is 1. The number of carbonyl (C=O) groups excluding carboxylic acids is 1. The second kappa shape index (κ2) is 5.77. The van der Waals surface area contributed by atoms with E-state index in [4.69, 9.17) is 4.52 Å². The summed E-state index contributed by atoms with van der Waals surface area (Å²) in [6.07, 6.45) is 0.817. The zero-order valence-corrected chi connectivity index (χ0v) is 13.0. The third kappa shape index (κ3) is 2.96. The zero-order chi connectivity index (χ0) is 15.0. The van der Waals surface area contributed by atoms with E-state index in [0.717, 1.165) is 32.6 Å². The molecule has 2 fully saturated rings. The van der Waals surface area contributed by atoms with E-state index in [-0.39, 0.29) is 11.9 Å². The van der Waals surface area contributed by atoms with Gasteiger partial charge in [-0.2, -0.15) is 0 Å². The number of rotatable bonds is 4. The minimum absolute atomic E-state index is 0.0270. The maximum absolute atomic E-state index is 12.5. The summed E-state index contributed by atoms with van der Waals surface area (Å²) in [7, 11) is 2.18. The van der Waals surface area contributed by atoms with Crippen molar-refractivity contribution in [1.29, 1.82) is 0 Å². The van der Waals surface area contributed by atoms with Gasteiger partial charge in [0.25, 0.3) is 0 Å². The molecule has 2 aliphatic heterocycles. The Morgan fingerprint density at radius 2 is 2.10 bits per heavy atom. The van der Waals surface area contributed by atoms with Crippen LogP contribution in [0, 0.1) is 18.8 Å². The Balaban J connectivity index is 1.61. The normalized spacial score (nSPS) is 27.8. The second-order valence-electron chi connectivity index (χ2n) is 6.43. The molecule has 116 valence electrons. The third-order valence-corrected chi connectivity index (χ3v) is 4.71. The van der Waals surface area contributed by atoms with Gasteiger partial charge >= 0.3 is 0 Å². The largest absolute Gasteiger partial charge is 0.360 e. The van der Waals surface area contributed by atoms with Gasteiger partial charge in [0.05, 0.1) is 6.04 Å². The Kier molecular flexibility index (Phi) is 3.99. The number of nitrogens with zero attached hydrogens (tertiary/aromatic N) is 3. The molecular formula is C15H24N4O2. The Hall–Kier alpha value is -1.40.